The lowest BCUT2D eigenvalue weighted by molar-refractivity contribution is 0.0787. The van der Waals surface area contributed by atoms with Gasteiger partial charge in [-0.2, -0.15) is 0 Å². The summed E-state index contributed by atoms with van der Waals surface area (Å²) < 4.78 is 0. The summed E-state index contributed by atoms with van der Waals surface area (Å²) in [5.41, 5.74) is 3.57. The van der Waals surface area contributed by atoms with Gasteiger partial charge in [-0.25, -0.2) is 4.98 Å². The highest BCUT2D eigenvalue weighted by molar-refractivity contribution is 5.92. The Morgan fingerprint density at radius 1 is 1.00 bits per heavy atom. The van der Waals surface area contributed by atoms with Crippen LogP contribution < -0.4 is 10.2 Å². The summed E-state index contributed by atoms with van der Waals surface area (Å²) in [5.74, 6) is -0.0337. The van der Waals surface area contributed by atoms with Gasteiger partial charge in [0.25, 0.3) is 5.91 Å². The lowest BCUT2D eigenvalue weighted by Crippen LogP contribution is -2.28. The van der Waals surface area contributed by atoms with Crippen molar-refractivity contribution in [1.82, 2.24) is 9.88 Å². The van der Waals surface area contributed by atoms with E-state index in [1.54, 1.807) is 17.2 Å². The largest absolute Gasteiger partial charge is 0.372 e. The van der Waals surface area contributed by atoms with E-state index in [2.05, 4.69) is 60.2 Å². The fourth-order valence-corrected chi connectivity index (χ4v) is 2.80. The van der Waals surface area contributed by atoms with Crippen LogP contribution in [0.5, 0.6) is 0 Å². The Labute approximate surface area is 157 Å². The molecule has 0 radical (unpaired) electrons. The first kappa shape index (κ1) is 19.8. The lowest BCUT2D eigenvalue weighted by Gasteiger charge is -2.21. The molecule has 0 aliphatic carbocycles. The SMILES string of the molecule is CCCCN(C)C(=O)c1ccc(Nc2ccc(N(CC)CC)cc2)cn1. The Hall–Kier alpha value is -2.56. The minimum absolute atomic E-state index is 0.0337. The molecule has 2 rings (SSSR count). The molecule has 0 aliphatic heterocycles. The zero-order valence-corrected chi connectivity index (χ0v) is 16.3. The van der Waals surface area contributed by atoms with Crippen molar-refractivity contribution >= 4 is 23.0 Å². The van der Waals surface area contributed by atoms with E-state index in [-0.39, 0.29) is 5.91 Å². The van der Waals surface area contributed by atoms with E-state index in [1.165, 1.54) is 5.69 Å². The third-order valence-electron chi connectivity index (χ3n) is 4.46. The molecule has 140 valence electrons. The van der Waals surface area contributed by atoms with Gasteiger partial charge in [0.2, 0.25) is 0 Å². The molecule has 1 heterocycles. The number of amides is 1. The van der Waals surface area contributed by atoms with E-state index in [4.69, 9.17) is 0 Å². The first-order chi connectivity index (χ1) is 12.6. The van der Waals surface area contributed by atoms with Crippen LogP contribution in [0.15, 0.2) is 42.6 Å². The van der Waals surface area contributed by atoms with Gasteiger partial charge in [0.15, 0.2) is 0 Å². The Balaban J connectivity index is 1.99. The lowest BCUT2D eigenvalue weighted by atomic mass is 10.2. The fourth-order valence-electron chi connectivity index (χ4n) is 2.80. The van der Waals surface area contributed by atoms with Crippen molar-refractivity contribution in [3.63, 3.8) is 0 Å². The van der Waals surface area contributed by atoms with Gasteiger partial charge in [-0.05, 0) is 56.7 Å². The molecule has 5 heteroatoms. The average Bonchev–Trinajstić information content (AvgIpc) is 2.68. The van der Waals surface area contributed by atoms with E-state index >= 15 is 0 Å². The summed E-state index contributed by atoms with van der Waals surface area (Å²) in [4.78, 5) is 20.7. The van der Waals surface area contributed by atoms with Crippen molar-refractivity contribution < 1.29 is 4.79 Å². The maximum absolute atomic E-state index is 12.3. The number of unbranched alkanes of at least 4 members (excludes halogenated alkanes) is 1. The third kappa shape index (κ3) is 5.22. The number of carbonyl (C=O) groups excluding carboxylic acids is 1. The molecule has 0 saturated heterocycles. The summed E-state index contributed by atoms with van der Waals surface area (Å²) in [6, 6.07) is 12.0. The molecule has 0 bridgehead atoms. The second-order valence-electron chi connectivity index (χ2n) is 6.36. The molecule has 0 spiro atoms. The van der Waals surface area contributed by atoms with E-state index in [0.29, 0.717) is 5.69 Å². The first-order valence-electron chi connectivity index (χ1n) is 9.42. The summed E-state index contributed by atoms with van der Waals surface area (Å²) in [6.07, 6.45) is 3.78. The second kappa shape index (κ2) is 9.80. The molecule has 0 atom stereocenters. The van der Waals surface area contributed by atoms with E-state index in [1.807, 2.05) is 13.1 Å². The van der Waals surface area contributed by atoms with Crippen LogP contribution in [0.4, 0.5) is 17.1 Å². The van der Waals surface area contributed by atoms with Gasteiger partial charge in [0, 0.05) is 38.1 Å². The molecular formula is C21H30N4O. The minimum Gasteiger partial charge on any atom is -0.372 e. The van der Waals surface area contributed by atoms with E-state index in [0.717, 1.165) is 43.9 Å². The van der Waals surface area contributed by atoms with Crippen LogP contribution in [0.2, 0.25) is 0 Å². The van der Waals surface area contributed by atoms with Crippen molar-refractivity contribution in [2.75, 3.05) is 36.9 Å². The topological polar surface area (TPSA) is 48.5 Å². The summed E-state index contributed by atoms with van der Waals surface area (Å²) >= 11 is 0. The molecule has 1 aromatic heterocycles. The van der Waals surface area contributed by atoms with Gasteiger partial charge in [-0.15, -0.1) is 0 Å². The van der Waals surface area contributed by atoms with Crippen LogP contribution in [0, 0.1) is 0 Å². The number of hydrogen-bond acceptors (Lipinski definition) is 4. The summed E-state index contributed by atoms with van der Waals surface area (Å²) in [6.45, 7) is 9.18. The second-order valence-corrected chi connectivity index (χ2v) is 6.36. The van der Waals surface area contributed by atoms with Gasteiger partial charge in [0.1, 0.15) is 5.69 Å². The number of benzene rings is 1. The molecule has 1 aromatic carbocycles. The highest BCUT2D eigenvalue weighted by Crippen LogP contribution is 2.21. The number of hydrogen-bond donors (Lipinski definition) is 1. The summed E-state index contributed by atoms with van der Waals surface area (Å²) in [5, 5.41) is 3.33. The average molecular weight is 354 g/mol. The predicted octanol–water partition coefficient (Wildman–Crippen LogP) is 4.54. The molecule has 0 saturated carbocycles. The van der Waals surface area contributed by atoms with Crippen molar-refractivity contribution in [1.29, 1.82) is 0 Å². The molecule has 2 aromatic rings. The van der Waals surface area contributed by atoms with Crippen LogP contribution in [-0.2, 0) is 0 Å². The number of nitrogens with one attached hydrogen (secondary N) is 1. The monoisotopic (exact) mass is 354 g/mol. The quantitative estimate of drug-likeness (QED) is 0.718. The molecular weight excluding hydrogens is 324 g/mol. The molecule has 5 nitrogen and oxygen atoms in total. The van der Waals surface area contributed by atoms with Crippen LogP contribution in [-0.4, -0.2) is 42.5 Å². The van der Waals surface area contributed by atoms with E-state index in [9.17, 15) is 4.79 Å². The first-order valence-corrected chi connectivity index (χ1v) is 9.42. The Morgan fingerprint density at radius 3 is 2.19 bits per heavy atom. The van der Waals surface area contributed by atoms with Crippen molar-refractivity contribution in [2.45, 2.75) is 33.6 Å². The summed E-state index contributed by atoms with van der Waals surface area (Å²) in [7, 11) is 1.82. The van der Waals surface area contributed by atoms with Gasteiger partial charge in [-0.1, -0.05) is 13.3 Å². The maximum Gasteiger partial charge on any atom is 0.272 e. The van der Waals surface area contributed by atoms with Crippen LogP contribution in [0.25, 0.3) is 0 Å². The van der Waals surface area contributed by atoms with Crippen molar-refractivity contribution in [2.24, 2.45) is 0 Å². The number of pyridine rings is 1. The molecule has 1 N–H and O–H groups in total. The zero-order valence-electron chi connectivity index (χ0n) is 16.3. The van der Waals surface area contributed by atoms with E-state index < -0.39 is 0 Å². The van der Waals surface area contributed by atoms with Crippen molar-refractivity contribution in [3.8, 4) is 0 Å². The molecule has 0 unspecified atom stereocenters. The minimum atomic E-state index is -0.0337. The highest BCUT2D eigenvalue weighted by Gasteiger charge is 2.12. The number of aromatic nitrogens is 1. The van der Waals surface area contributed by atoms with Gasteiger partial charge in [-0.3, -0.25) is 4.79 Å². The van der Waals surface area contributed by atoms with Gasteiger partial charge in [0.05, 0.1) is 11.9 Å². The molecule has 26 heavy (non-hydrogen) atoms. The maximum atomic E-state index is 12.3. The van der Waals surface area contributed by atoms with Crippen LogP contribution in [0.3, 0.4) is 0 Å². The fraction of sp³-hybridized carbons (Fsp3) is 0.429. The van der Waals surface area contributed by atoms with Crippen LogP contribution in [0.1, 0.15) is 44.1 Å². The smallest absolute Gasteiger partial charge is 0.272 e. The zero-order chi connectivity index (χ0) is 18.9. The standard InChI is InChI=1S/C21H30N4O/c1-5-8-15-24(4)21(26)20-14-11-18(16-22-20)23-17-9-12-19(13-10-17)25(6-2)7-3/h9-14,16,23H,5-8,15H2,1-4H3. The highest BCUT2D eigenvalue weighted by atomic mass is 16.2. The number of nitrogens with zero attached hydrogens (tertiary/aromatic N) is 3. The number of rotatable bonds is 9. The number of anilines is 3. The van der Waals surface area contributed by atoms with Gasteiger partial charge < -0.3 is 15.1 Å². The molecule has 0 fully saturated rings. The Morgan fingerprint density at radius 2 is 1.65 bits per heavy atom. The number of carbonyl (C=O) groups is 1. The Bertz CT molecular complexity index is 678. The molecule has 0 aliphatic rings. The normalized spacial score (nSPS) is 10.5. The van der Waals surface area contributed by atoms with Crippen molar-refractivity contribution in [3.05, 3.63) is 48.3 Å². The Kier molecular flexibility index (Phi) is 7.45. The van der Waals surface area contributed by atoms with Crippen LogP contribution >= 0.6 is 0 Å². The van der Waals surface area contributed by atoms with Gasteiger partial charge >= 0.3 is 0 Å². The predicted molar refractivity (Wildman–Crippen MR) is 109 cm³/mol. The third-order valence-corrected chi connectivity index (χ3v) is 4.46. The molecule has 1 amide bonds.